The minimum Gasteiger partial charge on any atom is -0.388 e. The number of likely N-dealkylation sites (tertiary alicyclic amines) is 1. The van der Waals surface area contributed by atoms with Gasteiger partial charge in [-0.1, -0.05) is 0 Å². The van der Waals surface area contributed by atoms with Crippen molar-refractivity contribution >= 4 is 11.8 Å². The predicted molar refractivity (Wildman–Crippen MR) is 105 cm³/mol. The number of aromatic nitrogens is 2. The second kappa shape index (κ2) is 8.91. The number of β-amino-alcohol motifs (C(OH)–C–C–N with tert-alkyl or cyclic N) is 1. The molecular formula is C19H29N5O5. The number of nitrogens with one attached hydrogen (secondary N) is 1. The molecule has 0 bridgehead atoms. The molecule has 1 atom stereocenters. The zero-order chi connectivity index (χ0) is 21.0. The summed E-state index contributed by atoms with van der Waals surface area (Å²) >= 11 is 0. The van der Waals surface area contributed by atoms with Gasteiger partial charge < -0.3 is 14.9 Å². The van der Waals surface area contributed by atoms with Gasteiger partial charge in [-0.3, -0.25) is 28.8 Å². The van der Waals surface area contributed by atoms with Crippen molar-refractivity contribution in [3.8, 4) is 0 Å². The first-order chi connectivity index (χ1) is 13.8. The molecule has 2 aliphatic rings. The first-order valence-electron chi connectivity index (χ1n) is 10.0. The van der Waals surface area contributed by atoms with Crippen LogP contribution in [-0.2, 0) is 16.1 Å². The number of hydrogen-bond acceptors (Lipinski definition) is 6. The summed E-state index contributed by atoms with van der Waals surface area (Å²) in [6.07, 6.45) is 3.05. The fraction of sp³-hybridized carbons (Fsp3) is 0.684. The third-order valence-corrected chi connectivity index (χ3v) is 5.81. The highest BCUT2D eigenvalue weighted by atomic mass is 16.3. The maximum atomic E-state index is 12.6. The van der Waals surface area contributed by atoms with Gasteiger partial charge in [0.05, 0.1) is 5.60 Å². The molecule has 0 saturated carbocycles. The smallest absolute Gasteiger partial charge is 0.328 e. The SMILES string of the molecule is CC(=O)N1CCN(C[C@]2(O)CCCN(C(=O)Cn3ccc(=O)[nH]c3=O)CC2)CC1. The predicted octanol–water partition coefficient (Wildman–Crippen LogP) is -1.56. The molecule has 2 fully saturated rings. The Morgan fingerprint density at radius 1 is 1.07 bits per heavy atom. The first kappa shape index (κ1) is 21.3. The Bertz CT molecular complexity index is 857. The summed E-state index contributed by atoms with van der Waals surface area (Å²) in [5.41, 5.74) is -1.98. The quantitative estimate of drug-likeness (QED) is 0.623. The average Bonchev–Trinajstić information content (AvgIpc) is 2.86. The molecule has 1 aromatic heterocycles. The molecule has 0 radical (unpaired) electrons. The lowest BCUT2D eigenvalue weighted by atomic mass is 9.94. The zero-order valence-electron chi connectivity index (χ0n) is 16.8. The van der Waals surface area contributed by atoms with Crippen molar-refractivity contribution in [1.82, 2.24) is 24.3 Å². The fourth-order valence-corrected chi connectivity index (χ4v) is 4.04. The van der Waals surface area contributed by atoms with Crippen LogP contribution in [0.3, 0.4) is 0 Å². The molecule has 0 aromatic carbocycles. The normalized spacial score (nSPS) is 23.7. The number of aliphatic hydroxyl groups is 1. The number of nitrogens with zero attached hydrogens (tertiary/aromatic N) is 4. The number of H-pyrrole nitrogens is 1. The van der Waals surface area contributed by atoms with Crippen molar-refractivity contribution in [2.45, 2.75) is 38.3 Å². The van der Waals surface area contributed by atoms with E-state index < -0.39 is 16.9 Å². The number of carbonyl (C=O) groups is 2. The van der Waals surface area contributed by atoms with Gasteiger partial charge in [-0.15, -0.1) is 0 Å². The van der Waals surface area contributed by atoms with E-state index in [-0.39, 0.29) is 18.4 Å². The molecule has 29 heavy (non-hydrogen) atoms. The maximum Gasteiger partial charge on any atom is 0.328 e. The highest BCUT2D eigenvalue weighted by Crippen LogP contribution is 2.24. The van der Waals surface area contributed by atoms with Gasteiger partial charge in [-0.25, -0.2) is 4.79 Å². The van der Waals surface area contributed by atoms with E-state index in [1.54, 1.807) is 11.8 Å². The van der Waals surface area contributed by atoms with E-state index in [4.69, 9.17) is 0 Å². The van der Waals surface area contributed by atoms with E-state index in [0.717, 1.165) is 13.1 Å². The summed E-state index contributed by atoms with van der Waals surface area (Å²) in [5, 5.41) is 11.1. The van der Waals surface area contributed by atoms with Crippen molar-refractivity contribution in [3.63, 3.8) is 0 Å². The summed E-state index contributed by atoms with van der Waals surface area (Å²) in [6.45, 7) is 5.72. The summed E-state index contributed by atoms with van der Waals surface area (Å²) in [6, 6.07) is 1.21. The van der Waals surface area contributed by atoms with E-state index >= 15 is 0 Å². The van der Waals surface area contributed by atoms with Gasteiger partial charge in [-0.2, -0.15) is 0 Å². The van der Waals surface area contributed by atoms with Crippen LogP contribution in [0, 0.1) is 0 Å². The van der Waals surface area contributed by atoms with E-state index in [1.165, 1.54) is 16.8 Å². The second-order valence-corrected chi connectivity index (χ2v) is 7.98. The summed E-state index contributed by atoms with van der Waals surface area (Å²) in [4.78, 5) is 54.8. The minimum absolute atomic E-state index is 0.0774. The van der Waals surface area contributed by atoms with Gasteiger partial charge in [0.15, 0.2) is 0 Å². The van der Waals surface area contributed by atoms with Crippen LogP contribution in [0.15, 0.2) is 21.9 Å². The van der Waals surface area contributed by atoms with E-state index in [1.807, 2.05) is 4.90 Å². The third kappa shape index (κ3) is 5.54. The monoisotopic (exact) mass is 407 g/mol. The van der Waals surface area contributed by atoms with Crippen molar-refractivity contribution in [2.75, 3.05) is 45.8 Å². The van der Waals surface area contributed by atoms with E-state index in [2.05, 4.69) is 9.88 Å². The standard InChI is InChI=1S/C19H29N5O5/c1-15(25)22-11-9-21(10-12-22)14-19(29)4-2-6-23(8-5-19)17(27)13-24-7-3-16(26)20-18(24)28/h3,7,29H,2,4-6,8-14H2,1H3,(H,20,26,28)/t19-/m0/s1. The highest BCUT2D eigenvalue weighted by molar-refractivity contribution is 5.76. The third-order valence-electron chi connectivity index (χ3n) is 5.81. The maximum absolute atomic E-state index is 12.6. The Hall–Kier alpha value is -2.46. The van der Waals surface area contributed by atoms with Crippen molar-refractivity contribution in [2.24, 2.45) is 0 Å². The van der Waals surface area contributed by atoms with E-state index in [0.29, 0.717) is 52.0 Å². The molecule has 0 spiro atoms. The van der Waals surface area contributed by atoms with Gasteiger partial charge in [-0.05, 0) is 19.3 Å². The second-order valence-electron chi connectivity index (χ2n) is 7.98. The van der Waals surface area contributed by atoms with Gasteiger partial charge in [0, 0.05) is 65.0 Å². The Morgan fingerprint density at radius 2 is 1.79 bits per heavy atom. The Labute approximate surface area is 168 Å². The molecule has 10 heteroatoms. The number of rotatable bonds is 4. The first-order valence-corrected chi connectivity index (χ1v) is 10.0. The lowest BCUT2D eigenvalue weighted by Crippen LogP contribution is -2.53. The van der Waals surface area contributed by atoms with Gasteiger partial charge >= 0.3 is 5.69 Å². The zero-order valence-corrected chi connectivity index (χ0v) is 16.8. The summed E-state index contributed by atoms with van der Waals surface area (Å²) in [5.74, 6) is -0.132. The fourth-order valence-electron chi connectivity index (χ4n) is 4.04. The van der Waals surface area contributed by atoms with Gasteiger partial charge in [0.25, 0.3) is 5.56 Å². The van der Waals surface area contributed by atoms with Crippen molar-refractivity contribution in [3.05, 3.63) is 33.1 Å². The van der Waals surface area contributed by atoms with Crippen LogP contribution in [0.2, 0.25) is 0 Å². The van der Waals surface area contributed by atoms with Crippen LogP contribution in [0.25, 0.3) is 0 Å². The Kier molecular flexibility index (Phi) is 6.53. The molecule has 10 nitrogen and oxygen atoms in total. The lowest BCUT2D eigenvalue weighted by Gasteiger charge is -2.39. The number of carbonyl (C=O) groups excluding carboxylic acids is 2. The van der Waals surface area contributed by atoms with Crippen molar-refractivity contribution < 1.29 is 14.7 Å². The molecule has 2 N–H and O–H groups in total. The molecule has 0 aliphatic carbocycles. The lowest BCUT2D eigenvalue weighted by molar-refractivity contribution is -0.132. The van der Waals surface area contributed by atoms with Crippen LogP contribution >= 0.6 is 0 Å². The molecule has 160 valence electrons. The molecule has 2 aliphatic heterocycles. The molecule has 3 heterocycles. The van der Waals surface area contributed by atoms with Gasteiger partial charge in [0.1, 0.15) is 6.54 Å². The largest absolute Gasteiger partial charge is 0.388 e. The van der Waals surface area contributed by atoms with Crippen molar-refractivity contribution in [1.29, 1.82) is 0 Å². The molecule has 1 aromatic rings. The Balaban J connectivity index is 1.54. The number of amides is 2. The van der Waals surface area contributed by atoms with Crippen LogP contribution in [0.4, 0.5) is 0 Å². The Morgan fingerprint density at radius 3 is 2.45 bits per heavy atom. The highest BCUT2D eigenvalue weighted by Gasteiger charge is 2.34. The summed E-state index contributed by atoms with van der Waals surface area (Å²) < 4.78 is 1.18. The van der Waals surface area contributed by atoms with Crippen LogP contribution in [0.1, 0.15) is 26.2 Å². The van der Waals surface area contributed by atoms with Crippen LogP contribution in [-0.4, -0.2) is 92.6 Å². The van der Waals surface area contributed by atoms with Gasteiger partial charge in [0.2, 0.25) is 11.8 Å². The van der Waals surface area contributed by atoms with Crippen LogP contribution < -0.4 is 11.2 Å². The topological polar surface area (TPSA) is 119 Å². The molecule has 0 unspecified atom stereocenters. The number of hydrogen-bond donors (Lipinski definition) is 2. The van der Waals surface area contributed by atoms with Crippen LogP contribution in [0.5, 0.6) is 0 Å². The minimum atomic E-state index is -0.873. The van der Waals surface area contributed by atoms with E-state index in [9.17, 15) is 24.3 Å². The molecular weight excluding hydrogens is 378 g/mol. The summed E-state index contributed by atoms with van der Waals surface area (Å²) in [7, 11) is 0. The number of piperazine rings is 1. The average molecular weight is 407 g/mol. The number of aromatic amines is 1. The molecule has 3 rings (SSSR count). The molecule has 2 amide bonds. The molecule has 2 saturated heterocycles.